The summed E-state index contributed by atoms with van der Waals surface area (Å²) < 4.78 is 37.0. The Morgan fingerprint density at radius 1 is 1.55 bits per heavy atom. The van der Waals surface area contributed by atoms with Crippen molar-refractivity contribution in [3.63, 3.8) is 0 Å². The van der Waals surface area contributed by atoms with Gasteiger partial charge in [0.05, 0.1) is 0 Å². The number of halogens is 3. The van der Waals surface area contributed by atoms with Gasteiger partial charge in [0.1, 0.15) is 12.4 Å². The summed E-state index contributed by atoms with van der Waals surface area (Å²) in [6.45, 7) is 3.73. The van der Waals surface area contributed by atoms with E-state index < -0.39 is 12.0 Å². The van der Waals surface area contributed by atoms with Gasteiger partial charge in [0.25, 0.3) is 5.82 Å². The van der Waals surface area contributed by atoms with Crippen molar-refractivity contribution in [2.75, 3.05) is 13.1 Å². The Balaban J connectivity index is 1.96. The molecule has 0 amide bonds. The molecule has 9 heteroatoms. The van der Waals surface area contributed by atoms with Gasteiger partial charge in [0.15, 0.2) is 5.96 Å². The lowest BCUT2D eigenvalue weighted by Gasteiger charge is -2.31. The van der Waals surface area contributed by atoms with Crippen LogP contribution in [0.2, 0.25) is 0 Å². The lowest BCUT2D eigenvalue weighted by molar-refractivity contribution is -0.144. The summed E-state index contributed by atoms with van der Waals surface area (Å²) in [5.74, 6) is -0.265. The number of nitrogens with one attached hydrogen (secondary N) is 1. The van der Waals surface area contributed by atoms with E-state index in [9.17, 15) is 13.2 Å². The molecule has 0 spiro atoms. The second-order valence-corrected chi connectivity index (χ2v) is 4.97. The van der Waals surface area contributed by atoms with Crippen LogP contribution in [0, 0.1) is 5.92 Å². The molecular formula is C11H17F3N6. The average molecular weight is 290 g/mol. The zero-order valence-corrected chi connectivity index (χ0v) is 11.1. The summed E-state index contributed by atoms with van der Waals surface area (Å²) in [5.41, 5.74) is 5.84. The maximum Gasteiger partial charge on any atom is 0.453 e. The number of aliphatic imine (C=N–C) groups is 1. The van der Waals surface area contributed by atoms with Crippen LogP contribution in [0.4, 0.5) is 13.2 Å². The Hall–Kier alpha value is -1.80. The summed E-state index contributed by atoms with van der Waals surface area (Å²) in [7, 11) is 0. The number of guanidine groups is 1. The van der Waals surface area contributed by atoms with Crippen LogP contribution in [0.1, 0.15) is 31.4 Å². The third-order valence-electron chi connectivity index (χ3n) is 3.16. The van der Waals surface area contributed by atoms with E-state index in [0.29, 0.717) is 11.9 Å². The van der Waals surface area contributed by atoms with Gasteiger partial charge in [-0.05, 0) is 18.8 Å². The minimum atomic E-state index is -4.55. The number of rotatable bonds is 2. The molecule has 112 valence electrons. The van der Waals surface area contributed by atoms with E-state index >= 15 is 0 Å². The summed E-state index contributed by atoms with van der Waals surface area (Å²) in [4.78, 5) is 9.35. The van der Waals surface area contributed by atoms with Crippen LogP contribution in [-0.2, 0) is 12.7 Å². The van der Waals surface area contributed by atoms with Crippen LogP contribution in [0.25, 0.3) is 0 Å². The maximum absolute atomic E-state index is 12.3. The second-order valence-electron chi connectivity index (χ2n) is 4.97. The van der Waals surface area contributed by atoms with E-state index in [2.05, 4.69) is 27.1 Å². The van der Waals surface area contributed by atoms with Gasteiger partial charge < -0.3 is 10.6 Å². The highest BCUT2D eigenvalue weighted by atomic mass is 19.4. The molecule has 0 bridgehead atoms. The number of alkyl halides is 3. The third kappa shape index (κ3) is 3.61. The number of nitrogens with zero attached hydrogens (tertiary/aromatic N) is 4. The maximum atomic E-state index is 12.3. The first-order chi connectivity index (χ1) is 9.36. The quantitative estimate of drug-likeness (QED) is 0.636. The fourth-order valence-corrected chi connectivity index (χ4v) is 2.15. The molecule has 2 rings (SSSR count). The smallest absolute Gasteiger partial charge is 0.370 e. The van der Waals surface area contributed by atoms with Gasteiger partial charge in [-0.2, -0.15) is 13.2 Å². The monoisotopic (exact) mass is 290 g/mol. The highest BCUT2D eigenvalue weighted by molar-refractivity contribution is 5.78. The Morgan fingerprint density at radius 2 is 2.30 bits per heavy atom. The molecule has 6 nitrogen and oxygen atoms in total. The van der Waals surface area contributed by atoms with Crippen molar-refractivity contribution in [3.8, 4) is 0 Å². The number of aromatic nitrogens is 3. The van der Waals surface area contributed by atoms with Gasteiger partial charge in [0.2, 0.25) is 0 Å². The van der Waals surface area contributed by atoms with E-state index in [1.807, 2.05) is 4.90 Å². The topological polar surface area (TPSA) is 83.2 Å². The van der Waals surface area contributed by atoms with Gasteiger partial charge in [0, 0.05) is 13.1 Å². The first kappa shape index (κ1) is 14.6. The molecular weight excluding hydrogens is 273 g/mol. The third-order valence-corrected chi connectivity index (χ3v) is 3.16. The number of H-pyrrole nitrogens is 1. The Kier molecular flexibility index (Phi) is 4.15. The number of hydrogen-bond acceptors (Lipinski definition) is 3. The molecule has 1 aromatic rings. The number of hydrogen-bond donors (Lipinski definition) is 2. The largest absolute Gasteiger partial charge is 0.453 e. The van der Waals surface area contributed by atoms with Crippen molar-refractivity contribution in [3.05, 3.63) is 11.6 Å². The van der Waals surface area contributed by atoms with E-state index in [1.165, 1.54) is 0 Å². The molecule has 20 heavy (non-hydrogen) atoms. The number of aromatic amines is 1. The molecule has 1 aliphatic rings. The van der Waals surface area contributed by atoms with E-state index in [1.54, 1.807) is 0 Å². The highest BCUT2D eigenvalue weighted by Crippen LogP contribution is 2.25. The SMILES string of the molecule is CC1CCCN(C(N)=NCc2nc(C(F)(F)F)n[nH]2)C1. The summed E-state index contributed by atoms with van der Waals surface area (Å²) >= 11 is 0. The van der Waals surface area contributed by atoms with Gasteiger partial charge >= 0.3 is 6.18 Å². The van der Waals surface area contributed by atoms with Crippen molar-refractivity contribution < 1.29 is 13.2 Å². The predicted molar refractivity (Wildman–Crippen MR) is 66.7 cm³/mol. The molecule has 0 aliphatic carbocycles. The zero-order chi connectivity index (χ0) is 14.8. The second kappa shape index (κ2) is 5.68. The number of likely N-dealkylation sites (tertiary alicyclic amines) is 1. The Labute approximate surface area is 114 Å². The lowest BCUT2D eigenvalue weighted by atomic mass is 10.0. The van der Waals surface area contributed by atoms with Gasteiger partial charge in [-0.25, -0.2) is 9.98 Å². The first-order valence-electron chi connectivity index (χ1n) is 6.39. The predicted octanol–water partition coefficient (Wildman–Crippen LogP) is 1.37. The van der Waals surface area contributed by atoms with Crippen LogP contribution in [0.15, 0.2) is 4.99 Å². The minimum Gasteiger partial charge on any atom is -0.370 e. The molecule has 1 fully saturated rings. The van der Waals surface area contributed by atoms with Crippen LogP contribution < -0.4 is 5.73 Å². The minimum absolute atomic E-state index is 0.0419. The summed E-state index contributed by atoms with van der Waals surface area (Å²) in [6, 6.07) is 0. The number of nitrogens with two attached hydrogens (primary N) is 1. The van der Waals surface area contributed by atoms with Crippen LogP contribution >= 0.6 is 0 Å². The molecule has 2 heterocycles. The van der Waals surface area contributed by atoms with Gasteiger partial charge in [-0.3, -0.25) is 5.10 Å². The molecule has 0 saturated carbocycles. The average Bonchev–Trinajstić information content (AvgIpc) is 2.84. The van der Waals surface area contributed by atoms with E-state index in [0.717, 1.165) is 25.9 Å². The Bertz CT molecular complexity index is 481. The van der Waals surface area contributed by atoms with Crippen molar-refractivity contribution in [1.29, 1.82) is 0 Å². The standard InChI is InChI=1S/C11H17F3N6/c1-7-3-2-4-20(6-7)10(15)16-5-8-17-9(19-18-8)11(12,13)14/h7H,2-6H2,1H3,(H2,15,16)(H,17,18,19). The molecule has 1 saturated heterocycles. The highest BCUT2D eigenvalue weighted by Gasteiger charge is 2.35. The molecule has 0 radical (unpaired) electrons. The molecule has 0 aromatic carbocycles. The molecule has 1 aliphatic heterocycles. The Morgan fingerprint density at radius 3 is 2.90 bits per heavy atom. The van der Waals surface area contributed by atoms with Crippen LogP contribution in [0.3, 0.4) is 0 Å². The van der Waals surface area contributed by atoms with Gasteiger partial charge in [-0.15, -0.1) is 5.10 Å². The van der Waals surface area contributed by atoms with E-state index in [4.69, 9.17) is 5.73 Å². The van der Waals surface area contributed by atoms with Crippen molar-refractivity contribution in [2.45, 2.75) is 32.5 Å². The molecule has 1 unspecified atom stereocenters. The normalized spacial score (nSPS) is 21.3. The van der Waals surface area contributed by atoms with Crippen molar-refractivity contribution in [2.24, 2.45) is 16.6 Å². The molecule has 3 N–H and O–H groups in total. The van der Waals surface area contributed by atoms with Crippen LogP contribution in [-0.4, -0.2) is 39.1 Å². The summed E-state index contributed by atoms with van der Waals surface area (Å²) in [5, 5.41) is 5.32. The first-order valence-corrected chi connectivity index (χ1v) is 6.39. The van der Waals surface area contributed by atoms with Gasteiger partial charge in [-0.1, -0.05) is 6.92 Å². The van der Waals surface area contributed by atoms with Crippen molar-refractivity contribution >= 4 is 5.96 Å². The molecule has 1 atom stereocenters. The molecule has 1 aromatic heterocycles. The fraction of sp³-hybridized carbons (Fsp3) is 0.727. The van der Waals surface area contributed by atoms with Crippen LogP contribution in [0.5, 0.6) is 0 Å². The fourth-order valence-electron chi connectivity index (χ4n) is 2.15. The number of piperidine rings is 1. The van der Waals surface area contributed by atoms with Crippen molar-refractivity contribution in [1.82, 2.24) is 20.1 Å². The lowest BCUT2D eigenvalue weighted by Crippen LogP contribution is -2.43. The zero-order valence-electron chi connectivity index (χ0n) is 11.1. The van der Waals surface area contributed by atoms with E-state index in [-0.39, 0.29) is 12.4 Å². The summed E-state index contributed by atoms with van der Waals surface area (Å²) in [6.07, 6.45) is -2.36.